The van der Waals surface area contributed by atoms with E-state index in [4.69, 9.17) is 0 Å². The van der Waals surface area contributed by atoms with Crippen molar-refractivity contribution in [3.63, 3.8) is 0 Å². The molecule has 1 aliphatic carbocycles. The Bertz CT molecular complexity index is 1010. The average Bonchev–Trinajstić information content (AvgIpc) is 3.53. The van der Waals surface area contributed by atoms with Crippen molar-refractivity contribution in [3.05, 3.63) is 58.1 Å². The minimum Gasteiger partial charge on any atom is -0.350 e. The second-order valence-corrected chi connectivity index (χ2v) is 10.1. The maximum absolute atomic E-state index is 12.8. The van der Waals surface area contributed by atoms with Gasteiger partial charge in [0, 0.05) is 28.7 Å². The number of benzene rings is 2. The fourth-order valence-corrected chi connectivity index (χ4v) is 4.65. The second kappa shape index (κ2) is 8.85. The van der Waals surface area contributed by atoms with E-state index in [-0.39, 0.29) is 16.8 Å². The molecule has 0 radical (unpaired) electrons. The number of hydrogen-bond acceptors (Lipinski definition) is 4. The number of aryl methyl sites for hydroxylation is 1. The second-order valence-electron chi connectivity index (χ2n) is 7.57. The topological polar surface area (TPSA) is 78.5 Å². The normalized spacial score (nSPS) is 15.2. The smallest absolute Gasteiger partial charge is 0.261 e. The summed E-state index contributed by atoms with van der Waals surface area (Å²) in [5.74, 6) is -0.283. The van der Waals surface area contributed by atoms with E-state index < -0.39 is 10.0 Å². The molecular weight excluding hydrogens is 454 g/mol. The summed E-state index contributed by atoms with van der Waals surface area (Å²) < 4.78 is 28.8. The van der Waals surface area contributed by atoms with Crippen LogP contribution in [-0.2, 0) is 10.0 Å². The Morgan fingerprint density at radius 2 is 1.97 bits per heavy atom. The predicted octanol–water partition coefficient (Wildman–Crippen LogP) is 3.77. The average molecular weight is 480 g/mol. The summed E-state index contributed by atoms with van der Waals surface area (Å²) in [6.45, 7) is 4.47. The van der Waals surface area contributed by atoms with Crippen molar-refractivity contribution >= 4 is 37.5 Å². The zero-order valence-corrected chi connectivity index (χ0v) is 19.2. The first kappa shape index (κ1) is 21.8. The number of halogens is 1. The molecule has 6 nitrogen and oxygen atoms in total. The number of likely N-dealkylation sites (N-methyl/N-ethyl adjacent to an activating group) is 1. The Hall–Kier alpha value is -1.90. The fourth-order valence-electron chi connectivity index (χ4n) is 3.05. The lowest BCUT2D eigenvalue weighted by molar-refractivity contribution is 0.0939. The van der Waals surface area contributed by atoms with Gasteiger partial charge in [-0.2, -0.15) is 0 Å². The number of nitrogens with zero attached hydrogens (tertiary/aromatic N) is 1. The highest BCUT2D eigenvalue weighted by Crippen LogP contribution is 2.27. The largest absolute Gasteiger partial charge is 0.350 e. The molecule has 1 fully saturated rings. The number of carbonyl (C=O) groups is 1. The number of amides is 1. The maximum Gasteiger partial charge on any atom is 0.261 e. The molecule has 29 heavy (non-hydrogen) atoms. The third kappa shape index (κ3) is 5.58. The van der Waals surface area contributed by atoms with E-state index in [9.17, 15) is 13.2 Å². The molecule has 0 bridgehead atoms. The molecule has 1 saturated carbocycles. The van der Waals surface area contributed by atoms with Crippen LogP contribution in [0.1, 0.15) is 35.7 Å². The van der Waals surface area contributed by atoms with Crippen LogP contribution in [0.25, 0.3) is 0 Å². The van der Waals surface area contributed by atoms with Gasteiger partial charge in [-0.25, -0.2) is 8.42 Å². The molecular formula is C21H26BrN3O3S. The van der Waals surface area contributed by atoms with E-state index >= 15 is 0 Å². The van der Waals surface area contributed by atoms with E-state index in [0.29, 0.717) is 28.3 Å². The molecule has 0 aromatic heterocycles. The summed E-state index contributed by atoms with van der Waals surface area (Å²) in [4.78, 5) is 14.9. The summed E-state index contributed by atoms with van der Waals surface area (Å²) >= 11 is 3.36. The minimum atomic E-state index is -3.82. The van der Waals surface area contributed by atoms with E-state index in [1.54, 1.807) is 24.3 Å². The van der Waals surface area contributed by atoms with Crippen molar-refractivity contribution in [3.8, 4) is 0 Å². The first-order valence-corrected chi connectivity index (χ1v) is 11.8. The SMILES string of the molecule is Cc1ccc(Br)c(NS(=O)(=O)c2cccc(C(=O)NCC(C)N(C)C3CC3)c2)c1. The Balaban J connectivity index is 1.70. The van der Waals surface area contributed by atoms with Crippen LogP contribution in [0.3, 0.4) is 0 Å². The quantitative estimate of drug-likeness (QED) is 0.603. The molecule has 1 aliphatic rings. The van der Waals surface area contributed by atoms with E-state index in [2.05, 4.69) is 44.8 Å². The van der Waals surface area contributed by atoms with Crippen molar-refractivity contribution in [1.29, 1.82) is 0 Å². The number of rotatable bonds is 8. The van der Waals surface area contributed by atoms with E-state index in [0.717, 1.165) is 5.56 Å². The highest BCUT2D eigenvalue weighted by atomic mass is 79.9. The molecule has 2 aromatic carbocycles. The van der Waals surface area contributed by atoms with E-state index in [1.165, 1.54) is 25.0 Å². The van der Waals surface area contributed by atoms with Gasteiger partial charge in [0.1, 0.15) is 0 Å². The minimum absolute atomic E-state index is 0.0432. The molecule has 0 saturated heterocycles. The van der Waals surface area contributed by atoms with Gasteiger partial charge in [-0.05, 0) is 85.6 Å². The zero-order valence-electron chi connectivity index (χ0n) is 16.8. The number of sulfonamides is 1. The molecule has 1 amide bonds. The highest BCUT2D eigenvalue weighted by Gasteiger charge is 2.29. The monoisotopic (exact) mass is 479 g/mol. The molecule has 156 valence electrons. The third-order valence-corrected chi connectivity index (χ3v) is 7.20. The van der Waals surface area contributed by atoms with Gasteiger partial charge in [-0.3, -0.25) is 14.4 Å². The Morgan fingerprint density at radius 3 is 2.66 bits per heavy atom. The molecule has 0 heterocycles. The Labute approximate surface area is 180 Å². The number of anilines is 1. The lowest BCUT2D eigenvalue weighted by atomic mass is 10.2. The van der Waals surface area contributed by atoms with E-state index in [1.807, 2.05) is 13.0 Å². The first-order valence-electron chi connectivity index (χ1n) is 9.56. The predicted molar refractivity (Wildman–Crippen MR) is 119 cm³/mol. The molecule has 8 heteroatoms. The van der Waals surface area contributed by atoms with Gasteiger partial charge in [-0.15, -0.1) is 0 Å². The molecule has 1 unspecified atom stereocenters. The Kier molecular flexibility index (Phi) is 6.65. The van der Waals surface area contributed by atoms with Crippen molar-refractivity contribution in [2.24, 2.45) is 0 Å². The molecule has 0 spiro atoms. The van der Waals surface area contributed by atoms with Gasteiger partial charge < -0.3 is 5.32 Å². The third-order valence-electron chi connectivity index (χ3n) is 5.15. The maximum atomic E-state index is 12.8. The van der Waals surface area contributed by atoms with Crippen LogP contribution in [0.5, 0.6) is 0 Å². The molecule has 1 atom stereocenters. The molecule has 0 aliphatic heterocycles. The number of hydrogen-bond donors (Lipinski definition) is 2. The summed E-state index contributed by atoms with van der Waals surface area (Å²) in [6.07, 6.45) is 2.41. The van der Waals surface area contributed by atoms with Crippen molar-refractivity contribution in [2.75, 3.05) is 18.3 Å². The number of nitrogens with one attached hydrogen (secondary N) is 2. The van der Waals surface area contributed by atoms with Crippen molar-refractivity contribution in [1.82, 2.24) is 10.2 Å². The van der Waals surface area contributed by atoms with Crippen LogP contribution >= 0.6 is 15.9 Å². The Morgan fingerprint density at radius 1 is 1.24 bits per heavy atom. The van der Waals surface area contributed by atoms with Gasteiger partial charge in [0.25, 0.3) is 15.9 Å². The van der Waals surface area contributed by atoms with Crippen LogP contribution < -0.4 is 10.0 Å². The molecule has 3 rings (SSSR count). The van der Waals surface area contributed by atoms with Crippen LogP contribution in [-0.4, -0.2) is 44.9 Å². The van der Waals surface area contributed by atoms with Crippen molar-refractivity contribution < 1.29 is 13.2 Å². The summed E-state index contributed by atoms with van der Waals surface area (Å²) in [5.41, 5.74) is 1.71. The first-order chi connectivity index (χ1) is 13.7. The van der Waals surface area contributed by atoms with Crippen LogP contribution in [0, 0.1) is 6.92 Å². The van der Waals surface area contributed by atoms with Gasteiger partial charge in [0.15, 0.2) is 0 Å². The standard InChI is InChI=1S/C21H26BrN3O3S/c1-14-7-10-19(22)20(11-14)24-29(27,28)18-6-4-5-16(12-18)21(26)23-13-15(2)25(3)17-8-9-17/h4-7,10-12,15,17,24H,8-9,13H2,1-3H3,(H,23,26). The van der Waals surface area contributed by atoms with Gasteiger partial charge >= 0.3 is 0 Å². The van der Waals surface area contributed by atoms with Gasteiger partial charge in [0.2, 0.25) is 0 Å². The molecule has 2 N–H and O–H groups in total. The highest BCUT2D eigenvalue weighted by molar-refractivity contribution is 9.10. The van der Waals surface area contributed by atoms with Crippen LogP contribution in [0.15, 0.2) is 51.8 Å². The molecule has 2 aromatic rings. The summed E-state index contributed by atoms with van der Waals surface area (Å²) in [6, 6.07) is 12.3. The van der Waals surface area contributed by atoms with Crippen LogP contribution in [0.4, 0.5) is 5.69 Å². The van der Waals surface area contributed by atoms with Gasteiger partial charge in [-0.1, -0.05) is 12.1 Å². The summed E-state index contributed by atoms with van der Waals surface area (Å²) in [5, 5.41) is 2.90. The zero-order chi connectivity index (χ0) is 21.2. The van der Waals surface area contributed by atoms with Crippen molar-refractivity contribution in [2.45, 2.75) is 43.7 Å². The summed E-state index contributed by atoms with van der Waals surface area (Å²) in [7, 11) is -1.76. The van der Waals surface area contributed by atoms with Crippen LogP contribution in [0.2, 0.25) is 0 Å². The number of carbonyl (C=O) groups excluding carboxylic acids is 1. The van der Waals surface area contributed by atoms with Gasteiger partial charge in [0.05, 0.1) is 10.6 Å². The lowest BCUT2D eigenvalue weighted by Gasteiger charge is -2.24. The fraction of sp³-hybridized carbons (Fsp3) is 0.381. The lowest BCUT2D eigenvalue weighted by Crippen LogP contribution is -2.41.